The van der Waals surface area contributed by atoms with E-state index in [4.69, 9.17) is 0 Å². The van der Waals surface area contributed by atoms with Crippen molar-refractivity contribution in [2.24, 2.45) is 0 Å². The molecule has 1 aliphatic rings. The fraction of sp³-hybridized carbons (Fsp3) is 0.263. The lowest BCUT2D eigenvalue weighted by molar-refractivity contribution is 0.0970. The fourth-order valence-electron chi connectivity index (χ4n) is 2.60. The van der Waals surface area contributed by atoms with Gasteiger partial charge in [-0.05, 0) is 30.8 Å². The van der Waals surface area contributed by atoms with Crippen molar-refractivity contribution in [3.63, 3.8) is 0 Å². The van der Waals surface area contributed by atoms with Gasteiger partial charge in [0.2, 0.25) is 0 Å². The number of piperazine rings is 1. The molecule has 1 amide bonds. The van der Waals surface area contributed by atoms with Crippen molar-refractivity contribution in [2.45, 2.75) is 0 Å². The van der Waals surface area contributed by atoms with Crippen LogP contribution in [0.3, 0.4) is 0 Å². The van der Waals surface area contributed by atoms with E-state index in [0.717, 1.165) is 37.6 Å². The average molecular weight is 359 g/mol. The summed E-state index contributed by atoms with van der Waals surface area (Å²) in [6.45, 7) is 4.01. The summed E-state index contributed by atoms with van der Waals surface area (Å²) < 4.78 is 0. The number of hydrogen-bond acceptors (Lipinski definition) is 4. The zero-order chi connectivity index (χ0) is 16.8. The first-order valence-corrected chi connectivity index (χ1v) is 8.14. The topological polar surface area (TPSA) is 48.5 Å². The number of carbonyl (C=O) groups excluding carboxylic acids is 1. The summed E-state index contributed by atoms with van der Waals surface area (Å²) in [6, 6.07) is 13.6. The highest BCUT2D eigenvalue weighted by Gasteiger charge is 2.15. The summed E-state index contributed by atoms with van der Waals surface area (Å²) in [6.07, 6.45) is 5.16. The van der Waals surface area contributed by atoms with E-state index in [-0.39, 0.29) is 18.3 Å². The number of anilines is 1. The van der Waals surface area contributed by atoms with Crippen LogP contribution in [0.25, 0.3) is 6.08 Å². The molecule has 1 aromatic carbocycles. The van der Waals surface area contributed by atoms with Crippen LogP contribution in [0.15, 0.2) is 54.9 Å². The minimum atomic E-state index is -0.153. The molecule has 2 aromatic rings. The van der Waals surface area contributed by atoms with Crippen LogP contribution in [0.2, 0.25) is 0 Å². The van der Waals surface area contributed by atoms with Crippen LogP contribution in [-0.2, 0) is 0 Å². The number of aromatic nitrogens is 1. The maximum Gasteiger partial charge on any atom is 0.256 e. The number of likely N-dealkylation sites (N-methyl/N-ethyl adjacent to an activating group) is 1. The van der Waals surface area contributed by atoms with E-state index in [9.17, 15) is 4.79 Å². The third-order valence-electron chi connectivity index (χ3n) is 4.13. The average Bonchev–Trinajstić information content (AvgIpc) is 2.63. The highest BCUT2D eigenvalue weighted by Crippen LogP contribution is 2.13. The van der Waals surface area contributed by atoms with E-state index >= 15 is 0 Å². The molecule has 0 bridgehead atoms. The lowest BCUT2D eigenvalue weighted by Gasteiger charge is -2.33. The largest absolute Gasteiger partial charge is 0.354 e. The summed E-state index contributed by atoms with van der Waals surface area (Å²) in [5.41, 5.74) is 1.60. The summed E-state index contributed by atoms with van der Waals surface area (Å²) in [7, 11) is 2.13. The number of rotatable bonds is 4. The van der Waals surface area contributed by atoms with E-state index in [1.165, 1.54) is 0 Å². The van der Waals surface area contributed by atoms with Crippen molar-refractivity contribution in [1.29, 1.82) is 0 Å². The van der Waals surface area contributed by atoms with Crippen molar-refractivity contribution in [1.82, 2.24) is 15.2 Å². The molecule has 1 N–H and O–H groups in total. The number of carbonyl (C=O) groups is 1. The molecule has 0 aliphatic carbocycles. The Morgan fingerprint density at radius 2 is 1.80 bits per heavy atom. The van der Waals surface area contributed by atoms with Gasteiger partial charge in [-0.3, -0.25) is 4.79 Å². The summed E-state index contributed by atoms with van der Waals surface area (Å²) >= 11 is 0. The first-order chi connectivity index (χ1) is 11.7. The molecule has 1 fully saturated rings. The zero-order valence-electron chi connectivity index (χ0n) is 14.3. The number of pyridine rings is 1. The summed E-state index contributed by atoms with van der Waals surface area (Å²) in [5, 5.41) is 2.77. The number of hydrogen-bond donors (Lipinski definition) is 1. The van der Waals surface area contributed by atoms with Gasteiger partial charge >= 0.3 is 0 Å². The molecule has 1 aliphatic heterocycles. The normalized spacial score (nSPS) is 15.0. The first kappa shape index (κ1) is 19.0. The molecule has 2 heterocycles. The van der Waals surface area contributed by atoms with Crippen LogP contribution >= 0.6 is 12.4 Å². The van der Waals surface area contributed by atoms with E-state index < -0.39 is 0 Å². The molecule has 132 valence electrons. The standard InChI is InChI=1S/C19H22N4O.ClH/c1-22-11-13-23(14-12-22)18-8-7-17(15-21-18)19(24)20-10-9-16-5-3-2-4-6-16;/h2-10,15H,11-14H2,1H3,(H,20,24);1H. The molecule has 0 spiro atoms. The Bertz CT molecular complexity index is 695. The zero-order valence-corrected chi connectivity index (χ0v) is 15.1. The maximum absolute atomic E-state index is 12.1. The number of amides is 1. The van der Waals surface area contributed by atoms with Crippen molar-refractivity contribution < 1.29 is 4.79 Å². The smallest absolute Gasteiger partial charge is 0.256 e. The van der Waals surface area contributed by atoms with E-state index in [1.807, 2.05) is 48.5 Å². The van der Waals surface area contributed by atoms with Gasteiger partial charge in [0.15, 0.2) is 0 Å². The lowest BCUT2D eigenvalue weighted by atomic mass is 10.2. The quantitative estimate of drug-likeness (QED) is 0.912. The van der Waals surface area contributed by atoms with Crippen LogP contribution < -0.4 is 10.2 Å². The maximum atomic E-state index is 12.1. The van der Waals surface area contributed by atoms with Gasteiger partial charge in [0.05, 0.1) is 5.56 Å². The van der Waals surface area contributed by atoms with Crippen LogP contribution in [-0.4, -0.2) is 49.0 Å². The van der Waals surface area contributed by atoms with Gasteiger partial charge in [-0.1, -0.05) is 30.3 Å². The van der Waals surface area contributed by atoms with Crippen LogP contribution in [0, 0.1) is 0 Å². The Kier molecular flexibility index (Phi) is 6.98. The molecule has 3 rings (SSSR count). The Morgan fingerprint density at radius 1 is 1.08 bits per heavy atom. The number of benzene rings is 1. The van der Waals surface area contributed by atoms with Gasteiger partial charge in [0.1, 0.15) is 5.82 Å². The second-order valence-electron chi connectivity index (χ2n) is 5.91. The Hall–Kier alpha value is -2.37. The second-order valence-corrected chi connectivity index (χ2v) is 5.91. The highest BCUT2D eigenvalue weighted by molar-refractivity contribution is 5.95. The van der Waals surface area contributed by atoms with Crippen LogP contribution in [0.5, 0.6) is 0 Å². The molecule has 0 atom stereocenters. The molecular formula is C19H23ClN4O. The fourth-order valence-corrected chi connectivity index (χ4v) is 2.60. The van der Waals surface area contributed by atoms with Crippen molar-refractivity contribution in [2.75, 3.05) is 38.1 Å². The molecule has 25 heavy (non-hydrogen) atoms. The molecule has 1 saturated heterocycles. The summed E-state index contributed by atoms with van der Waals surface area (Å²) in [5.74, 6) is 0.777. The van der Waals surface area contributed by atoms with Gasteiger partial charge in [0.25, 0.3) is 5.91 Å². The van der Waals surface area contributed by atoms with Gasteiger partial charge in [-0.15, -0.1) is 12.4 Å². The van der Waals surface area contributed by atoms with Crippen molar-refractivity contribution in [3.8, 4) is 0 Å². The molecular weight excluding hydrogens is 336 g/mol. The van der Waals surface area contributed by atoms with Crippen molar-refractivity contribution in [3.05, 3.63) is 66.0 Å². The molecule has 5 nitrogen and oxygen atoms in total. The monoisotopic (exact) mass is 358 g/mol. The van der Waals surface area contributed by atoms with Gasteiger partial charge in [-0.25, -0.2) is 4.98 Å². The van der Waals surface area contributed by atoms with Gasteiger partial charge in [0, 0.05) is 38.6 Å². The molecule has 0 radical (unpaired) electrons. The SMILES string of the molecule is CN1CCN(c2ccc(C(=O)NC=Cc3ccccc3)cn2)CC1.Cl. The predicted octanol–water partition coefficient (Wildman–Crippen LogP) is 2.66. The summed E-state index contributed by atoms with van der Waals surface area (Å²) in [4.78, 5) is 21.1. The van der Waals surface area contributed by atoms with E-state index in [0.29, 0.717) is 5.56 Å². The van der Waals surface area contributed by atoms with Crippen LogP contribution in [0.1, 0.15) is 15.9 Å². The van der Waals surface area contributed by atoms with Gasteiger partial charge in [-0.2, -0.15) is 0 Å². The third-order valence-corrected chi connectivity index (χ3v) is 4.13. The Morgan fingerprint density at radius 3 is 2.44 bits per heavy atom. The van der Waals surface area contributed by atoms with Crippen LogP contribution in [0.4, 0.5) is 5.82 Å². The van der Waals surface area contributed by atoms with E-state index in [1.54, 1.807) is 12.4 Å². The molecule has 0 saturated carbocycles. The minimum Gasteiger partial charge on any atom is -0.354 e. The Labute approximate surface area is 154 Å². The Balaban J connectivity index is 0.00000225. The molecule has 1 aromatic heterocycles. The second kappa shape index (κ2) is 9.20. The third kappa shape index (κ3) is 5.31. The number of nitrogens with zero attached hydrogens (tertiary/aromatic N) is 3. The highest BCUT2D eigenvalue weighted by atomic mass is 35.5. The lowest BCUT2D eigenvalue weighted by Crippen LogP contribution is -2.44. The number of halogens is 1. The number of nitrogens with one attached hydrogen (secondary N) is 1. The first-order valence-electron chi connectivity index (χ1n) is 8.14. The van der Waals surface area contributed by atoms with Gasteiger partial charge < -0.3 is 15.1 Å². The molecule has 6 heteroatoms. The molecule has 0 unspecified atom stereocenters. The predicted molar refractivity (Wildman–Crippen MR) is 104 cm³/mol. The van der Waals surface area contributed by atoms with E-state index in [2.05, 4.69) is 27.1 Å². The minimum absolute atomic E-state index is 0. The van der Waals surface area contributed by atoms with Crippen molar-refractivity contribution >= 4 is 30.2 Å².